The fourth-order valence-corrected chi connectivity index (χ4v) is 9.46. The van der Waals surface area contributed by atoms with Crippen LogP contribution in [0, 0.1) is 35.0 Å². The minimum atomic E-state index is -4.77. The first-order valence-electron chi connectivity index (χ1n) is 15.1. The van der Waals surface area contributed by atoms with Gasteiger partial charge in [0.2, 0.25) is 0 Å². The van der Waals surface area contributed by atoms with Gasteiger partial charge < -0.3 is 23.5 Å². The molecule has 4 aliphatic carbocycles. The number of esters is 3. The normalized spacial score (nSPS) is 38.7. The fraction of sp³-hybridized carbons (Fsp3) is 0.677. The molecule has 8 unspecified atom stereocenters. The molecule has 0 N–H and O–H groups in total. The fourth-order valence-electron chi connectivity index (χ4n) is 8.92. The summed E-state index contributed by atoms with van der Waals surface area (Å²) in [6.07, 6.45) is -0.346. The third kappa shape index (κ3) is 4.30. The molecule has 0 radical (unpaired) electrons. The molecule has 3 saturated heterocycles. The molecule has 43 heavy (non-hydrogen) atoms. The second-order valence-corrected chi connectivity index (χ2v) is 15.4. The zero-order valence-electron chi connectivity index (χ0n) is 24.4. The summed E-state index contributed by atoms with van der Waals surface area (Å²) in [4.78, 5) is 52.9. The van der Waals surface area contributed by atoms with Crippen LogP contribution in [0.3, 0.4) is 0 Å². The van der Waals surface area contributed by atoms with E-state index in [9.17, 15) is 32.1 Å². The molecule has 11 nitrogen and oxygen atoms in total. The molecular formula is C31H35O11S-. The molecule has 6 bridgehead atoms. The standard InChI is InChI=1S/C31H36O11S/c1-12(2)18-7-17(43(36,37)38)8-19(13(3)4)23(18)40-28(33)21-20-24-26(41-29(20)34)27(25(21)39-24)42-30(35)31-9-14-5-15(10-31)22(32)16(6-14)11-31/h7-8,12-16,20-21,24-27H,5-6,9-11H2,1-4H3,(H,36,37,38)/p-1. The number of carbonyl (C=O) groups excluding carboxylic acids is 4. The number of ketones is 1. The minimum Gasteiger partial charge on any atom is -0.744 e. The third-order valence-corrected chi connectivity index (χ3v) is 11.5. The van der Waals surface area contributed by atoms with Gasteiger partial charge in [-0.25, -0.2) is 8.42 Å². The first-order valence-corrected chi connectivity index (χ1v) is 16.6. The lowest BCUT2D eigenvalue weighted by molar-refractivity contribution is -0.186. The van der Waals surface area contributed by atoms with Crippen molar-refractivity contribution in [2.75, 3.05) is 0 Å². The van der Waals surface area contributed by atoms with Gasteiger partial charge in [0.15, 0.2) is 12.2 Å². The molecule has 3 heterocycles. The number of fused-ring (bicyclic) bond motifs is 1. The van der Waals surface area contributed by atoms with Crippen molar-refractivity contribution in [3.8, 4) is 5.75 Å². The maximum atomic E-state index is 13.9. The van der Waals surface area contributed by atoms with Gasteiger partial charge in [-0.3, -0.25) is 19.2 Å². The highest BCUT2D eigenvalue weighted by Gasteiger charge is 2.72. The van der Waals surface area contributed by atoms with Gasteiger partial charge in [0.25, 0.3) is 0 Å². The quantitative estimate of drug-likeness (QED) is 0.252. The molecule has 12 heteroatoms. The molecule has 1 aromatic carbocycles. The Bertz CT molecular complexity index is 1500. The van der Waals surface area contributed by atoms with Crippen LogP contribution < -0.4 is 4.74 Å². The molecule has 1 aromatic rings. The van der Waals surface area contributed by atoms with Crippen LogP contribution in [-0.4, -0.2) is 61.1 Å². The number of hydrogen-bond acceptors (Lipinski definition) is 11. The Morgan fingerprint density at radius 2 is 1.56 bits per heavy atom. The molecule has 0 amide bonds. The van der Waals surface area contributed by atoms with Crippen molar-refractivity contribution in [2.24, 2.45) is 35.0 Å². The second-order valence-electron chi connectivity index (χ2n) is 14.0. The molecular weight excluding hydrogens is 580 g/mol. The highest BCUT2D eigenvalue weighted by Crippen LogP contribution is 2.60. The molecule has 4 saturated carbocycles. The zero-order valence-corrected chi connectivity index (χ0v) is 25.3. The summed E-state index contributed by atoms with van der Waals surface area (Å²) in [5.41, 5.74) is -0.0276. The highest BCUT2D eigenvalue weighted by molar-refractivity contribution is 7.85. The molecule has 0 aromatic heterocycles. The van der Waals surface area contributed by atoms with E-state index in [0.29, 0.717) is 36.3 Å². The van der Waals surface area contributed by atoms with Crippen molar-refractivity contribution in [3.05, 3.63) is 23.3 Å². The predicted octanol–water partition coefficient (Wildman–Crippen LogP) is 2.99. The summed E-state index contributed by atoms with van der Waals surface area (Å²) >= 11 is 0. The van der Waals surface area contributed by atoms with Crippen molar-refractivity contribution in [1.82, 2.24) is 0 Å². The second kappa shape index (κ2) is 9.58. The molecule has 7 aliphatic rings. The number of ether oxygens (including phenoxy) is 4. The maximum Gasteiger partial charge on any atom is 0.318 e. The topological polar surface area (TPSA) is 162 Å². The number of hydrogen-bond donors (Lipinski definition) is 0. The summed E-state index contributed by atoms with van der Waals surface area (Å²) < 4.78 is 59.4. The smallest absolute Gasteiger partial charge is 0.318 e. The van der Waals surface area contributed by atoms with Crippen LogP contribution in [-0.2, 0) is 43.5 Å². The molecule has 232 valence electrons. The van der Waals surface area contributed by atoms with E-state index in [1.807, 2.05) is 0 Å². The maximum absolute atomic E-state index is 13.9. The van der Waals surface area contributed by atoms with E-state index in [0.717, 1.165) is 12.8 Å². The Morgan fingerprint density at radius 3 is 2.12 bits per heavy atom. The monoisotopic (exact) mass is 615 g/mol. The van der Waals surface area contributed by atoms with Crippen LogP contribution in [0.2, 0.25) is 0 Å². The Kier molecular flexibility index (Phi) is 6.44. The van der Waals surface area contributed by atoms with E-state index < -0.39 is 74.6 Å². The summed E-state index contributed by atoms with van der Waals surface area (Å²) in [5.74, 6) is -4.04. The van der Waals surface area contributed by atoms with Crippen molar-refractivity contribution in [2.45, 2.75) is 101 Å². The van der Waals surface area contributed by atoms with Gasteiger partial charge in [-0.05, 0) is 73.1 Å². The lowest BCUT2D eigenvalue weighted by atomic mass is 9.49. The van der Waals surface area contributed by atoms with Gasteiger partial charge in [0, 0.05) is 11.8 Å². The van der Waals surface area contributed by atoms with Gasteiger partial charge in [-0.15, -0.1) is 0 Å². The first kappa shape index (κ1) is 28.9. The van der Waals surface area contributed by atoms with Crippen LogP contribution in [0.4, 0.5) is 0 Å². The van der Waals surface area contributed by atoms with Crippen molar-refractivity contribution >= 4 is 33.8 Å². The molecule has 3 aliphatic heterocycles. The van der Waals surface area contributed by atoms with Crippen molar-refractivity contribution in [3.63, 3.8) is 0 Å². The highest BCUT2D eigenvalue weighted by atomic mass is 32.2. The van der Waals surface area contributed by atoms with Gasteiger partial charge in [0.05, 0.1) is 10.3 Å². The van der Waals surface area contributed by atoms with Crippen LogP contribution in [0.25, 0.3) is 0 Å². The lowest BCUT2D eigenvalue weighted by Gasteiger charge is -2.54. The van der Waals surface area contributed by atoms with Crippen LogP contribution in [0.15, 0.2) is 17.0 Å². The third-order valence-electron chi connectivity index (χ3n) is 10.7. The van der Waals surface area contributed by atoms with E-state index in [2.05, 4.69) is 0 Å². The number of Topliss-reactive ketones (excluding diaryl/α,β-unsaturated/α-hetero) is 1. The van der Waals surface area contributed by atoms with Gasteiger partial charge in [0.1, 0.15) is 45.7 Å². The molecule has 0 spiro atoms. The van der Waals surface area contributed by atoms with Gasteiger partial charge >= 0.3 is 17.9 Å². The SMILES string of the molecule is CC(C)c1cc(S(=O)(=O)[O-])cc(C(C)C)c1OC(=O)C1C2OC3C(OC(=O)C31)C2OC(=O)C12CC3CC(C1)C(=O)C(C3)C2. The van der Waals surface area contributed by atoms with E-state index in [-0.39, 0.29) is 35.2 Å². The molecule has 8 rings (SSSR count). The minimum absolute atomic E-state index is 0.125. The number of carbonyl (C=O) groups is 4. The number of rotatable bonds is 7. The largest absolute Gasteiger partial charge is 0.744 e. The summed E-state index contributed by atoms with van der Waals surface area (Å²) in [5, 5.41) is 0. The van der Waals surface area contributed by atoms with Crippen LogP contribution in [0.1, 0.15) is 82.8 Å². The number of benzene rings is 1. The van der Waals surface area contributed by atoms with Crippen molar-refractivity contribution < 1.29 is 51.1 Å². The Hall–Kier alpha value is -2.83. The average molecular weight is 616 g/mol. The van der Waals surface area contributed by atoms with Crippen LogP contribution in [0.5, 0.6) is 5.75 Å². The zero-order chi connectivity index (χ0) is 30.7. The summed E-state index contributed by atoms with van der Waals surface area (Å²) in [6.45, 7) is 7.13. The van der Waals surface area contributed by atoms with Gasteiger partial charge in [-0.2, -0.15) is 0 Å². The average Bonchev–Trinajstić information content (AvgIpc) is 3.54. The van der Waals surface area contributed by atoms with Crippen LogP contribution >= 0.6 is 0 Å². The molecule has 8 atom stereocenters. The van der Waals surface area contributed by atoms with E-state index in [1.54, 1.807) is 27.7 Å². The Balaban J connectivity index is 1.17. The van der Waals surface area contributed by atoms with Crippen molar-refractivity contribution in [1.29, 1.82) is 0 Å². The van der Waals surface area contributed by atoms with E-state index in [1.165, 1.54) is 12.1 Å². The van der Waals surface area contributed by atoms with E-state index in [4.69, 9.17) is 18.9 Å². The lowest BCUT2D eigenvalue weighted by Crippen LogP contribution is -2.56. The Morgan fingerprint density at radius 1 is 0.953 bits per heavy atom. The summed E-state index contributed by atoms with van der Waals surface area (Å²) in [7, 11) is -4.77. The molecule has 7 fully saturated rings. The van der Waals surface area contributed by atoms with E-state index >= 15 is 0 Å². The Labute approximate surface area is 249 Å². The summed E-state index contributed by atoms with van der Waals surface area (Å²) in [6, 6.07) is 2.44. The van der Waals surface area contributed by atoms with Gasteiger partial charge in [-0.1, -0.05) is 27.7 Å². The predicted molar refractivity (Wildman–Crippen MR) is 145 cm³/mol. The first-order chi connectivity index (χ1) is 20.2.